The zero-order valence-electron chi connectivity index (χ0n) is 9.71. The Morgan fingerprint density at radius 1 is 1.00 bits per heavy atom. The van der Waals surface area contributed by atoms with Crippen molar-refractivity contribution in [3.8, 4) is 0 Å². The number of aliphatic hydroxyl groups is 1. The molecule has 88 valence electrons. The Labute approximate surface area is 101 Å². The molecule has 17 heavy (non-hydrogen) atoms. The fraction of sp³-hybridized carbons (Fsp3) is 0.143. The van der Waals surface area contributed by atoms with Crippen molar-refractivity contribution in [3.63, 3.8) is 0 Å². The van der Waals surface area contributed by atoms with E-state index in [1.54, 1.807) is 6.66 Å². The van der Waals surface area contributed by atoms with Gasteiger partial charge in [-0.1, -0.05) is 54.6 Å². The molecule has 0 aromatic heterocycles. The summed E-state index contributed by atoms with van der Waals surface area (Å²) in [6, 6.07) is 16.8. The SMILES string of the molecule is CP(=O)(c1ccccc1)c1ccccc1CO. The summed E-state index contributed by atoms with van der Waals surface area (Å²) >= 11 is 0. The van der Waals surface area contributed by atoms with Crippen molar-refractivity contribution in [1.82, 2.24) is 0 Å². The number of benzene rings is 2. The maximum atomic E-state index is 12.9. The van der Waals surface area contributed by atoms with E-state index in [4.69, 9.17) is 0 Å². The molecular formula is C14H15O2P. The highest BCUT2D eigenvalue weighted by Gasteiger charge is 2.23. The molecule has 2 aromatic carbocycles. The largest absolute Gasteiger partial charge is 0.392 e. The van der Waals surface area contributed by atoms with Gasteiger partial charge in [-0.15, -0.1) is 0 Å². The molecule has 0 aliphatic heterocycles. The van der Waals surface area contributed by atoms with Crippen LogP contribution in [0.3, 0.4) is 0 Å². The van der Waals surface area contributed by atoms with Crippen LogP contribution in [0.2, 0.25) is 0 Å². The predicted molar refractivity (Wildman–Crippen MR) is 71.6 cm³/mol. The Hall–Kier alpha value is -1.37. The zero-order chi connectivity index (χ0) is 12.3. The molecule has 0 amide bonds. The van der Waals surface area contributed by atoms with E-state index in [2.05, 4.69) is 0 Å². The van der Waals surface area contributed by atoms with E-state index < -0.39 is 7.14 Å². The number of hydrogen-bond donors (Lipinski definition) is 1. The van der Waals surface area contributed by atoms with Crippen LogP contribution in [0.1, 0.15) is 5.56 Å². The van der Waals surface area contributed by atoms with Gasteiger partial charge in [-0.05, 0) is 12.2 Å². The van der Waals surface area contributed by atoms with E-state index in [1.807, 2.05) is 54.6 Å². The lowest BCUT2D eigenvalue weighted by atomic mass is 10.2. The first-order valence-corrected chi connectivity index (χ1v) is 7.64. The Kier molecular flexibility index (Phi) is 3.46. The minimum atomic E-state index is -2.61. The fourth-order valence-electron chi connectivity index (χ4n) is 1.91. The van der Waals surface area contributed by atoms with Crippen molar-refractivity contribution in [2.24, 2.45) is 0 Å². The van der Waals surface area contributed by atoms with Gasteiger partial charge in [0, 0.05) is 10.6 Å². The number of rotatable bonds is 3. The van der Waals surface area contributed by atoms with Gasteiger partial charge in [0.1, 0.15) is 7.14 Å². The number of aliphatic hydroxyl groups excluding tert-OH is 1. The quantitative estimate of drug-likeness (QED) is 0.842. The van der Waals surface area contributed by atoms with Gasteiger partial charge >= 0.3 is 0 Å². The third-order valence-electron chi connectivity index (χ3n) is 2.87. The molecule has 2 rings (SSSR count). The lowest BCUT2D eigenvalue weighted by Gasteiger charge is -2.16. The molecular weight excluding hydrogens is 231 g/mol. The van der Waals surface area contributed by atoms with Crippen LogP contribution in [-0.4, -0.2) is 11.8 Å². The van der Waals surface area contributed by atoms with Crippen LogP contribution >= 0.6 is 7.14 Å². The van der Waals surface area contributed by atoms with Crippen LogP contribution in [0.15, 0.2) is 54.6 Å². The number of hydrogen-bond acceptors (Lipinski definition) is 2. The molecule has 0 bridgehead atoms. The van der Waals surface area contributed by atoms with Crippen molar-refractivity contribution in [1.29, 1.82) is 0 Å². The van der Waals surface area contributed by atoms with E-state index >= 15 is 0 Å². The topological polar surface area (TPSA) is 37.3 Å². The molecule has 1 atom stereocenters. The summed E-state index contributed by atoms with van der Waals surface area (Å²) in [6.07, 6.45) is 0. The molecule has 0 saturated carbocycles. The van der Waals surface area contributed by atoms with Gasteiger partial charge in [0.15, 0.2) is 0 Å². The van der Waals surface area contributed by atoms with Crippen molar-refractivity contribution in [3.05, 3.63) is 60.2 Å². The van der Waals surface area contributed by atoms with Crippen LogP contribution in [0.4, 0.5) is 0 Å². The highest BCUT2D eigenvalue weighted by Crippen LogP contribution is 2.39. The lowest BCUT2D eigenvalue weighted by Crippen LogP contribution is -2.18. The Balaban J connectivity index is 2.56. The smallest absolute Gasteiger partial charge is 0.140 e. The molecule has 2 aromatic rings. The summed E-state index contributed by atoms with van der Waals surface area (Å²) < 4.78 is 12.9. The summed E-state index contributed by atoms with van der Waals surface area (Å²) in [5.74, 6) is 0. The van der Waals surface area contributed by atoms with Crippen molar-refractivity contribution in [2.45, 2.75) is 6.61 Å². The Bertz CT molecular complexity index is 549. The maximum absolute atomic E-state index is 12.9. The van der Waals surface area contributed by atoms with Crippen LogP contribution < -0.4 is 10.6 Å². The normalized spacial score (nSPS) is 14.2. The maximum Gasteiger partial charge on any atom is 0.140 e. The first-order valence-electron chi connectivity index (χ1n) is 5.48. The average Bonchev–Trinajstić information content (AvgIpc) is 2.39. The Morgan fingerprint density at radius 2 is 1.59 bits per heavy atom. The average molecular weight is 246 g/mol. The van der Waals surface area contributed by atoms with Crippen LogP contribution in [0, 0.1) is 0 Å². The second kappa shape index (κ2) is 4.87. The van der Waals surface area contributed by atoms with Gasteiger partial charge in [-0.3, -0.25) is 0 Å². The van der Waals surface area contributed by atoms with E-state index in [0.29, 0.717) is 0 Å². The summed E-state index contributed by atoms with van der Waals surface area (Å²) in [7, 11) is -2.61. The lowest BCUT2D eigenvalue weighted by molar-refractivity contribution is 0.283. The summed E-state index contributed by atoms with van der Waals surface area (Å²) in [4.78, 5) is 0. The van der Waals surface area contributed by atoms with Crippen molar-refractivity contribution >= 4 is 17.8 Å². The molecule has 1 N–H and O–H groups in total. The minimum absolute atomic E-state index is 0.0825. The second-order valence-electron chi connectivity index (χ2n) is 4.05. The summed E-state index contributed by atoms with van der Waals surface area (Å²) in [6.45, 7) is 1.66. The molecule has 0 spiro atoms. The summed E-state index contributed by atoms with van der Waals surface area (Å²) in [5, 5.41) is 10.9. The van der Waals surface area contributed by atoms with Gasteiger partial charge in [-0.25, -0.2) is 0 Å². The first kappa shape index (κ1) is 12.1. The van der Waals surface area contributed by atoms with E-state index in [0.717, 1.165) is 16.2 Å². The minimum Gasteiger partial charge on any atom is -0.392 e. The van der Waals surface area contributed by atoms with Crippen LogP contribution in [0.5, 0.6) is 0 Å². The molecule has 0 fully saturated rings. The second-order valence-corrected chi connectivity index (χ2v) is 6.89. The van der Waals surface area contributed by atoms with Gasteiger partial charge in [0.2, 0.25) is 0 Å². The molecule has 0 aliphatic rings. The van der Waals surface area contributed by atoms with Gasteiger partial charge < -0.3 is 9.67 Å². The van der Waals surface area contributed by atoms with Gasteiger partial charge in [-0.2, -0.15) is 0 Å². The molecule has 0 saturated heterocycles. The van der Waals surface area contributed by atoms with E-state index in [1.165, 1.54) is 0 Å². The standard InChI is InChI=1S/C14H15O2P/c1-17(16,13-8-3-2-4-9-13)14-10-6-5-7-12(14)11-15/h2-10,15H,11H2,1H3. The zero-order valence-corrected chi connectivity index (χ0v) is 10.6. The molecule has 3 heteroatoms. The van der Waals surface area contributed by atoms with Crippen molar-refractivity contribution < 1.29 is 9.67 Å². The fourth-order valence-corrected chi connectivity index (χ4v) is 4.00. The van der Waals surface area contributed by atoms with Crippen LogP contribution in [0.25, 0.3) is 0 Å². The van der Waals surface area contributed by atoms with Crippen molar-refractivity contribution in [2.75, 3.05) is 6.66 Å². The summed E-state index contributed by atoms with van der Waals surface area (Å²) in [5.41, 5.74) is 0.738. The highest BCUT2D eigenvalue weighted by atomic mass is 31.2. The molecule has 0 heterocycles. The van der Waals surface area contributed by atoms with E-state index in [-0.39, 0.29) is 6.61 Å². The van der Waals surface area contributed by atoms with E-state index in [9.17, 15) is 9.67 Å². The Morgan fingerprint density at radius 3 is 2.24 bits per heavy atom. The highest BCUT2D eigenvalue weighted by molar-refractivity contribution is 7.78. The third-order valence-corrected chi connectivity index (χ3v) is 5.51. The monoisotopic (exact) mass is 246 g/mol. The predicted octanol–water partition coefficient (Wildman–Crippen LogP) is 2.12. The molecule has 1 unspecified atom stereocenters. The third kappa shape index (κ3) is 2.33. The van der Waals surface area contributed by atoms with Gasteiger partial charge in [0.25, 0.3) is 0 Å². The molecule has 2 nitrogen and oxygen atoms in total. The molecule has 0 aliphatic carbocycles. The van der Waals surface area contributed by atoms with Gasteiger partial charge in [0.05, 0.1) is 6.61 Å². The first-order chi connectivity index (χ1) is 8.16. The van der Waals surface area contributed by atoms with Crippen LogP contribution in [-0.2, 0) is 11.2 Å². The molecule has 0 radical (unpaired) electrons.